The van der Waals surface area contributed by atoms with Gasteiger partial charge in [0, 0.05) is 17.0 Å². The number of hydrogen-bond acceptors (Lipinski definition) is 7. The highest BCUT2D eigenvalue weighted by molar-refractivity contribution is 7.13. The number of rotatable bonds is 11. The number of anilines is 2. The molecule has 29 heavy (non-hydrogen) atoms. The molecule has 0 aliphatic heterocycles. The van der Waals surface area contributed by atoms with E-state index in [2.05, 4.69) is 24.1 Å². The van der Waals surface area contributed by atoms with Gasteiger partial charge in [0.1, 0.15) is 5.41 Å². The molecule has 1 aromatic carbocycles. The lowest BCUT2D eigenvalue weighted by Gasteiger charge is -2.31. The van der Waals surface area contributed by atoms with Gasteiger partial charge in [-0.3, -0.25) is 4.79 Å². The molecule has 0 saturated carbocycles. The molecule has 2 aromatic rings. The van der Waals surface area contributed by atoms with Crippen LogP contribution in [0.25, 0.3) is 0 Å². The van der Waals surface area contributed by atoms with E-state index in [0.29, 0.717) is 23.2 Å². The minimum atomic E-state index is -1.18. The maximum atomic E-state index is 13.0. The fourth-order valence-corrected chi connectivity index (χ4v) is 3.95. The second kappa shape index (κ2) is 10.4. The van der Waals surface area contributed by atoms with Crippen molar-refractivity contribution in [2.75, 3.05) is 11.9 Å². The number of ether oxygens (including phenoxy) is 1. The lowest BCUT2D eigenvalue weighted by molar-refractivity contribution is -0.306. The van der Waals surface area contributed by atoms with Crippen LogP contribution in [0.1, 0.15) is 57.7 Å². The molecular weight excluding hydrogens is 388 g/mol. The zero-order valence-corrected chi connectivity index (χ0v) is 18.3. The van der Waals surface area contributed by atoms with Gasteiger partial charge in [0.05, 0.1) is 12.3 Å². The van der Waals surface area contributed by atoms with Crippen molar-refractivity contribution in [3.63, 3.8) is 0 Å². The van der Waals surface area contributed by atoms with Gasteiger partial charge in [0.15, 0.2) is 5.13 Å². The monoisotopic (exact) mass is 417 g/mol. The van der Waals surface area contributed by atoms with Gasteiger partial charge in [-0.2, -0.15) is 0 Å². The molecule has 0 spiro atoms. The standard InChI is InChI=1S/C22H30N2O4S/c1-5-28-20(27)22(12-10-15(2)3,13-11-19(25)26)18-14-29-21(24-18)23-17-8-6-16(4)7-9-17/h6-9,14-15H,5,10-13H2,1-4H3,(H,23,24)(H,25,26)/p-1/t22-/m1/s1. The number of thiazole rings is 1. The molecule has 0 bridgehead atoms. The molecule has 0 aliphatic carbocycles. The number of esters is 1. The summed E-state index contributed by atoms with van der Waals surface area (Å²) < 4.78 is 5.36. The summed E-state index contributed by atoms with van der Waals surface area (Å²) in [5.41, 5.74) is 1.52. The number of aliphatic carboxylic acids is 1. The van der Waals surface area contributed by atoms with Crippen LogP contribution in [0, 0.1) is 12.8 Å². The summed E-state index contributed by atoms with van der Waals surface area (Å²) in [6.07, 6.45) is 1.11. The summed E-state index contributed by atoms with van der Waals surface area (Å²) >= 11 is 1.39. The van der Waals surface area contributed by atoms with Gasteiger partial charge in [0.25, 0.3) is 0 Å². The Bertz CT molecular complexity index is 816. The molecule has 7 heteroatoms. The number of carbonyl (C=O) groups is 2. The summed E-state index contributed by atoms with van der Waals surface area (Å²) in [6.45, 7) is 8.13. The van der Waals surface area contributed by atoms with Crippen molar-refractivity contribution in [1.29, 1.82) is 0 Å². The zero-order valence-electron chi connectivity index (χ0n) is 17.5. The van der Waals surface area contributed by atoms with Crippen LogP contribution in [0.3, 0.4) is 0 Å². The van der Waals surface area contributed by atoms with E-state index in [1.54, 1.807) is 6.92 Å². The normalized spacial score (nSPS) is 13.1. The second-order valence-electron chi connectivity index (χ2n) is 7.64. The van der Waals surface area contributed by atoms with Gasteiger partial charge in [0.2, 0.25) is 0 Å². The lowest BCUT2D eigenvalue weighted by atomic mass is 9.75. The number of aromatic nitrogens is 1. The number of carboxylic acid groups (broad SMARTS) is 1. The highest BCUT2D eigenvalue weighted by atomic mass is 32.1. The fraction of sp³-hybridized carbons (Fsp3) is 0.500. The van der Waals surface area contributed by atoms with Crippen molar-refractivity contribution < 1.29 is 19.4 Å². The Morgan fingerprint density at radius 3 is 2.52 bits per heavy atom. The topological polar surface area (TPSA) is 91.4 Å². The summed E-state index contributed by atoms with van der Waals surface area (Å²) in [7, 11) is 0. The average Bonchev–Trinajstić information content (AvgIpc) is 3.12. The first-order valence-electron chi connectivity index (χ1n) is 9.93. The van der Waals surface area contributed by atoms with Crippen LogP contribution in [0.2, 0.25) is 0 Å². The van der Waals surface area contributed by atoms with Gasteiger partial charge < -0.3 is 20.0 Å². The van der Waals surface area contributed by atoms with Crippen LogP contribution in [0.5, 0.6) is 0 Å². The molecule has 0 saturated heterocycles. The highest BCUT2D eigenvalue weighted by Gasteiger charge is 2.43. The van der Waals surface area contributed by atoms with Crippen molar-refractivity contribution in [3.05, 3.63) is 40.9 Å². The van der Waals surface area contributed by atoms with Crippen LogP contribution in [0.4, 0.5) is 10.8 Å². The summed E-state index contributed by atoms with van der Waals surface area (Å²) in [4.78, 5) is 28.8. The smallest absolute Gasteiger partial charge is 0.318 e. The zero-order chi connectivity index (χ0) is 21.4. The van der Waals surface area contributed by atoms with Gasteiger partial charge in [-0.15, -0.1) is 11.3 Å². The Kier molecular flexibility index (Phi) is 8.20. The lowest BCUT2D eigenvalue weighted by Crippen LogP contribution is -2.40. The van der Waals surface area contributed by atoms with E-state index in [1.165, 1.54) is 11.3 Å². The van der Waals surface area contributed by atoms with E-state index in [9.17, 15) is 14.7 Å². The van der Waals surface area contributed by atoms with E-state index < -0.39 is 17.4 Å². The fourth-order valence-electron chi connectivity index (χ4n) is 3.12. The van der Waals surface area contributed by atoms with Crippen LogP contribution in [0.15, 0.2) is 29.6 Å². The van der Waals surface area contributed by atoms with E-state index in [4.69, 9.17) is 4.74 Å². The van der Waals surface area contributed by atoms with Gasteiger partial charge >= 0.3 is 5.97 Å². The van der Waals surface area contributed by atoms with Gasteiger partial charge in [-0.25, -0.2) is 4.98 Å². The second-order valence-corrected chi connectivity index (χ2v) is 8.49. The van der Waals surface area contributed by atoms with Crippen LogP contribution >= 0.6 is 11.3 Å². The van der Waals surface area contributed by atoms with Crippen molar-refractivity contribution in [1.82, 2.24) is 4.98 Å². The number of nitrogens with one attached hydrogen (secondary N) is 1. The predicted molar refractivity (Wildman–Crippen MR) is 113 cm³/mol. The quantitative estimate of drug-likeness (QED) is 0.557. The highest BCUT2D eigenvalue weighted by Crippen LogP contribution is 2.39. The largest absolute Gasteiger partial charge is 0.550 e. The van der Waals surface area contributed by atoms with Crippen molar-refractivity contribution >= 4 is 34.1 Å². The number of carbonyl (C=O) groups excluding carboxylic acids is 2. The summed E-state index contributed by atoms with van der Waals surface area (Å²) in [6, 6.07) is 7.93. The Hall–Kier alpha value is -2.41. The molecule has 0 amide bonds. The molecule has 1 atom stereocenters. The summed E-state index contributed by atoms with van der Waals surface area (Å²) in [5, 5.41) is 16.9. The van der Waals surface area contributed by atoms with E-state index in [0.717, 1.165) is 17.7 Å². The van der Waals surface area contributed by atoms with E-state index in [1.807, 2.05) is 36.6 Å². The van der Waals surface area contributed by atoms with Gasteiger partial charge in [-0.05, 0) is 57.6 Å². The Labute approximate surface area is 176 Å². The molecule has 1 heterocycles. The maximum absolute atomic E-state index is 13.0. The molecule has 0 radical (unpaired) electrons. The average molecular weight is 418 g/mol. The predicted octanol–water partition coefficient (Wildman–Crippen LogP) is 3.96. The molecule has 1 N–H and O–H groups in total. The third-order valence-corrected chi connectivity index (χ3v) is 5.63. The number of nitrogens with zero attached hydrogens (tertiary/aromatic N) is 1. The molecular formula is C22H29N2O4S-. The third kappa shape index (κ3) is 6.29. The molecule has 158 valence electrons. The minimum Gasteiger partial charge on any atom is -0.550 e. The number of aryl methyl sites for hydroxylation is 1. The van der Waals surface area contributed by atoms with Crippen molar-refractivity contribution in [3.8, 4) is 0 Å². The first-order valence-corrected chi connectivity index (χ1v) is 10.8. The van der Waals surface area contributed by atoms with Crippen LogP contribution in [-0.2, 0) is 19.7 Å². The molecule has 0 aliphatic rings. The number of benzene rings is 1. The maximum Gasteiger partial charge on any atom is 0.318 e. The first-order chi connectivity index (χ1) is 13.8. The minimum absolute atomic E-state index is 0.106. The molecule has 0 fully saturated rings. The number of carboxylic acids is 1. The third-order valence-electron chi connectivity index (χ3n) is 4.87. The molecule has 0 unspecified atom stereocenters. The molecule has 6 nitrogen and oxygen atoms in total. The number of hydrogen-bond donors (Lipinski definition) is 1. The SMILES string of the molecule is CCOC(=O)[C@@](CCC(=O)[O-])(CCC(C)C)c1csc(Nc2ccc(C)cc2)n1. The van der Waals surface area contributed by atoms with Gasteiger partial charge in [-0.1, -0.05) is 31.5 Å². The van der Waals surface area contributed by atoms with Crippen molar-refractivity contribution in [2.45, 2.75) is 58.8 Å². The Morgan fingerprint density at radius 1 is 1.24 bits per heavy atom. The van der Waals surface area contributed by atoms with Crippen molar-refractivity contribution in [2.24, 2.45) is 5.92 Å². The molecule has 2 rings (SSSR count). The van der Waals surface area contributed by atoms with E-state index >= 15 is 0 Å². The van der Waals surface area contributed by atoms with E-state index in [-0.39, 0.29) is 19.4 Å². The Balaban J connectivity index is 2.37. The Morgan fingerprint density at radius 2 is 1.93 bits per heavy atom. The molecule has 1 aromatic heterocycles. The first kappa shape index (κ1) is 22.9. The summed E-state index contributed by atoms with van der Waals surface area (Å²) in [5.74, 6) is -1.25. The van der Waals surface area contributed by atoms with Crippen LogP contribution < -0.4 is 10.4 Å². The van der Waals surface area contributed by atoms with Crippen LogP contribution in [-0.4, -0.2) is 23.5 Å².